The zero-order valence-electron chi connectivity index (χ0n) is 20.3. The molecule has 0 saturated carbocycles. The number of aromatic nitrogens is 4. The molecule has 2 aliphatic heterocycles. The van der Waals surface area contributed by atoms with E-state index in [1.165, 1.54) is 12.8 Å². The van der Waals surface area contributed by atoms with E-state index in [1.54, 1.807) is 0 Å². The summed E-state index contributed by atoms with van der Waals surface area (Å²) in [5.74, 6) is 1.84. The molecular weight excluding hydrogens is 450 g/mol. The minimum absolute atomic E-state index is 0.0367. The summed E-state index contributed by atoms with van der Waals surface area (Å²) in [5, 5.41) is 0.959. The maximum atomic E-state index is 13.1. The number of hydrogen-bond donors (Lipinski definition) is 0. The smallest absolute Gasteiger partial charge is 0.253 e. The second kappa shape index (κ2) is 9.64. The molecule has 0 bridgehead atoms. The van der Waals surface area contributed by atoms with Crippen molar-refractivity contribution in [1.29, 1.82) is 0 Å². The van der Waals surface area contributed by atoms with E-state index in [0.717, 1.165) is 41.0 Å². The molecule has 0 atom stereocenters. The summed E-state index contributed by atoms with van der Waals surface area (Å²) in [6.45, 7) is 2.20. The first kappa shape index (κ1) is 22.6. The minimum atomic E-state index is -0.0613. The summed E-state index contributed by atoms with van der Waals surface area (Å²) >= 11 is 0. The number of piperidine rings is 1. The van der Waals surface area contributed by atoms with Crippen LogP contribution in [-0.4, -0.2) is 49.2 Å². The number of amides is 1. The van der Waals surface area contributed by atoms with Crippen LogP contribution in [0.4, 0.5) is 0 Å². The van der Waals surface area contributed by atoms with Crippen molar-refractivity contribution in [2.24, 2.45) is 5.92 Å². The monoisotopic (exact) mass is 479 g/mol. The lowest BCUT2D eigenvalue weighted by Gasteiger charge is -2.31. The van der Waals surface area contributed by atoms with E-state index in [9.17, 15) is 9.59 Å². The van der Waals surface area contributed by atoms with Crippen LogP contribution in [0.2, 0.25) is 0 Å². The fraction of sp³-hybridized carbons (Fsp3) is 0.345. The molecular formula is C29H29N5O2. The van der Waals surface area contributed by atoms with E-state index in [0.29, 0.717) is 37.3 Å². The van der Waals surface area contributed by atoms with Gasteiger partial charge in [0, 0.05) is 54.7 Å². The highest BCUT2D eigenvalue weighted by molar-refractivity contribution is 5.94. The Morgan fingerprint density at radius 1 is 0.917 bits per heavy atom. The van der Waals surface area contributed by atoms with E-state index >= 15 is 0 Å². The van der Waals surface area contributed by atoms with Crippen molar-refractivity contribution in [2.45, 2.75) is 45.1 Å². The largest absolute Gasteiger partial charge is 0.339 e. The van der Waals surface area contributed by atoms with Crippen molar-refractivity contribution in [3.63, 3.8) is 0 Å². The van der Waals surface area contributed by atoms with Gasteiger partial charge >= 0.3 is 0 Å². The molecule has 1 saturated heterocycles. The molecule has 4 heterocycles. The predicted octanol–water partition coefficient (Wildman–Crippen LogP) is 4.49. The standard InChI is InChI=1S/C29H29N5O2/c35-26(20-11-14-33(15-12-20)29(36)21-6-2-1-3-7-21)17-27-30-18-23-10-9-22(16-24(23)32-27)25-19-31-28-8-4-5-13-34(25)28/h1-3,6-7,9-10,16,18-20H,4-5,8,11-15,17H2. The van der Waals surface area contributed by atoms with Gasteiger partial charge in [-0.15, -0.1) is 0 Å². The van der Waals surface area contributed by atoms with Gasteiger partial charge in [0.05, 0.1) is 23.8 Å². The highest BCUT2D eigenvalue weighted by Crippen LogP contribution is 2.28. The number of nitrogens with zero attached hydrogens (tertiary/aromatic N) is 5. The molecule has 182 valence electrons. The van der Waals surface area contributed by atoms with Gasteiger partial charge in [-0.05, 0) is 43.9 Å². The number of hydrogen-bond acceptors (Lipinski definition) is 5. The summed E-state index contributed by atoms with van der Waals surface area (Å²) in [6.07, 6.45) is 8.76. The molecule has 7 nitrogen and oxygen atoms in total. The number of fused-ring (bicyclic) bond motifs is 2. The highest BCUT2D eigenvalue weighted by atomic mass is 16.2. The summed E-state index contributed by atoms with van der Waals surface area (Å²) in [5.41, 5.74) is 3.76. The van der Waals surface area contributed by atoms with Crippen LogP contribution in [0.1, 0.15) is 47.7 Å². The Labute approximate surface area is 210 Å². The van der Waals surface area contributed by atoms with E-state index < -0.39 is 0 Å². The second-order valence-electron chi connectivity index (χ2n) is 9.80. The first-order valence-corrected chi connectivity index (χ1v) is 12.8. The molecule has 6 rings (SSSR count). The highest BCUT2D eigenvalue weighted by Gasteiger charge is 2.28. The predicted molar refractivity (Wildman–Crippen MR) is 137 cm³/mol. The van der Waals surface area contributed by atoms with Gasteiger partial charge in [-0.25, -0.2) is 15.0 Å². The number of ketones is 1. The van der Waals surface area contributed by atoms with Crippen molar-refractivity contribution in [3.05, 3.63) is 78.1 Å². The van der Waals surface area contributed by atoms with Crippen molar-refractivity contribution in [1.82, 2.24) is 24.4 Å². The molecule has 2 aliphatic rings. The number of carbonyl (C=O) groups excluding carboxylic acids is 2. The van der Waals surface area contributed by atoms with Gasteiger partial charge in [0.2, 0.25) is 0 Å². The zero-order chi connectivity index (χ0) is 24.5. The Balaban J connectivity index is 1.13. The number of Topliss-reactive ketones (excluding diaryl/α,β-unsaturated/α-hetero) is 1. The summed E-state index contributed by atoms with van der Waals surface area (Å²) in [7, 11) is 0. The average molecular weight is 480 g/mol. The number of benzene rings is 2. The molecule has 2 aromatic heterocycles. The molecule has 7 heteroatoms. The molecule has 0 unspecified atom stereocenters. The molecule has 0 aliphatic carbocycles. The summed E-state index contributed by atoms with van der Waals surface area (Å²) < 4.78 is 2.31. The van der Waals surface area contributed by atoms with Crippen molar-refractivity contribution < 1.29 is 9.59 Å². The zero-order valence-corrected chi connectivity index (χ0v) is 20.3. The molecule has 36 heavy (non-hydrogen) atoms. The Bertz CT molecular complexity index is 1420. The van der Waals surface area contributed by atoms with Crippen LogP contribution in [0.15, 0.2) is 60.9 Å². The van der Waals surface area contributed by atoms with E-state index in [4.69, 9.17) is 4.98 Å². The number of aryl methyl sites for hydroxylation is 1. The van der Waals surface area contributed by atoms with Crippen LogP contribution in [0.3, 0.4) is 0 Å². The lowest BCUT2D eigenvalue weighted by molar-refractivity contribution is -0.123. The molecule has 1 amide bonds. The molecule has 0 radical (unpaired) electrons. The molecule has 0 N–H and O–H groups in total. The van der Waals surface area contributed by atoms with Gasteiger partial charge < -0.3 is 9.47 Å². The first-order chi connectivity index (χ1) is 17.7. The lowest BCUT2D eigenvalue weighted by Crippen LogP contribution is -2.40. The third-order valence-corrected chi connectivity index (χ3v) is 7.49. The van der Waals surface area contributed by atoms with E-state index in [-0.39, 0.29) is 24.0 Å². The fourth-order valence-electron chi connectivity index (χ4n) is 5.42. The number of carbonyl (C=O) groups is 2. The third kappa shape index (κ3) is 4.41. The van der Waals surface area contributed by atoms with Crippen LogP contribution in [0, 0.1) is 5.92 Å². The van der Waals surface area contributed by atoms with E-state index in [2.05, 4.69) is 26.7 Å². The normalized spacial score (nSPS) is 16.2. The van der Waals surface area contributed by atoms with Crippen LogP contribution < -0.4 is 0 Å². The van der Waals surface area contributed by atoms with Gasteiger partial charge in [0.1, 0.15) is 17.4 Å². The number of imidazole rings is 1. The summed E-state index contributed by atoms with van der Waals surface area (Å²) in [4.78, 5) is 41.5. The van der Waals surface area contributed by atoms with Gasteiger partial charge in [-0.2, -0.15) is 0 Å². The Kier molecular flexibility index (Phi) is 6.05. The molecule has 1 fully saturated rings. The van der Waals surface area contributed by atoms with Crippen LogP contribution in [0.5, 0.6) is 0 Å². The van der Waals surface area contributed by atoms with Gasteiger partial charge in [0.15, 0.2) is 0 Å². The maximum absolute atomic E-state index is 13.1. The second-order valence-corrected chi connectivity index (χ2v) is 9.80. The van der Waals surface area contributed by atoms with Crippen molar-refractivity contribution >= 4 is 22.6 Å². The van der Waals surface area contributed by atoms with E-state index in [1.807, 2.05) is 53.7 Å². The average Bonchev–Trinajstić information content (AvgIpc) is 3.37. The molecule has 0 spiro atoms. The maximum Gasteiger partial charge on any atom is 0.253 e. The third-order valence-electron chi connectivity index (χ3n) is 7.49. The van der Waals surface area contributed by atoms with Crippen LogP contribution >= 0.6 is 0 Å². The van der Waals surface area contributed by atoms with Crippen LogP contribution in [0.25, 0.3) is 22.2 Å². The SMILES string of the molecule is O=C(Cc1ncc2ccc(-c3cnc4n3CCCC4)cc2n1)C1CCN(C(=O)c2ccccc2)CC1. The molecule has 2 aromatic carbocycles. The van der Waals surface area contributed by atoms with Gasteiger partial charge in [0.25, 0.3) is 5.91 Å². The lowest BCUT2D eigenvalue weighted by atomic mass is 9.90. The van der Waals surface area contributed by atoms with Crippen molar-refractivity contribution in [3.8, 4) is 11.3 Å². The molecule has 4 aromatic rings. The van der Waals surface area contributed by atoms with Crippen LogP contribution in [-0.2, 0) is 24.2 Å². The topological polar surface area (TPSA) is 81.0 Å². The quantitative estimate of drug-likeness (QED) is 0.421. The number of likely N-dealkylation sites (tertiary alicyclic amines) is 1. The van der Waals surface area contributed by atoms with Gasteiger partial charge in [-0.1, -0.05) is 30.3 Å². The van der Waals surface area contributed by atoms with Gasteiger partial charge in [-0.3, -0.25) is 9.59 Å². The summed E-state index contributed by atoms with van der Waals surface area (Å²) in [6, 6.07) is 15.5. The first-order valence-electron chi connectivity index (χ1n) is 12.8. The fourth-order valence-corrected chi connectivity index (χ4v) is 5.42. The Morgan fingerprint density at radius 2 is 1.75 bits per heavy atom. The number of rotatable bonds is 5. The Hall–Kier alpha value is -3.87. The van der Waals surface area contributed by atoms with Crippen molar-refractivity contribution in [2.75, 3.05) is 13.1 Å². The minimum Gasteiger partial charge on any atom is -0.339 e. The Morgan fingerprint density at radius 3 is 2.58 bits per heavy atom.